The Kier molecular flexibility index (Phi) is 3.35. The predicted octanol–water partition coefficient (Wildman–Crippen LogP) is 1.62. The normalized spacial score (nSPS) is 22.3. The van der Waals surface area contributed by atoms with Crippen LogP contribution in [-0.2, 0) is 16.1 Å². The zero-order valence-electron chi connectivity index (χ0n) is 11.9. The molecule has 1 atom stereocenters. The number of nitrogens with zero attached hydrogens (tertiary/aromatic N) is 1. The van der Waals surface area contributed by atoms with Gasteiger partial charge in [-0.3, -0.25) is 9.59 Å². The van der Waals surface area contributed by atoms with E-state index in [0.29, 0.717) is 6.54 Å². The lowest BCUT2D eigenvalue weighted by molar-refractivity contribution is -0.155. The summed E-state index contributed by atoms with van der Waals surface area (Å²) in [7, 11) is 0. The molecular weight excluding hydrogens is 240 g/mol. The Morgan fingerprint density at radius 2 is 1.89 bits per heavy atom. The van der Waals surface area contributed by atoms with Crippen LogP contribution in [0.4, 0.5) is 0 Å². The Labute approximate surface area is 113 Å². The number of carbonyl (C=O) groups is 2. The maximum atomic E-state index is 12.3. The van der Waals surface area contributed by atoms with Gasteiger partial charge in [0, 0.05) is 6.54 Å². The van der Waals surface area contributed by atoms with E-state index < -0.39 is 11.6 Å². The SMILES string of the molecule is Cc1ccccc1CN1C(=O)C(C)NC(=O)C1(C)C. The topological polar surface area (TPSA) is 49.4 Å². The molecule has 0 aromatic heterocycles. The highest BCUT2D eigenvalue weighted by molar-refractivity contribution is 5.99. The third kappa shape index (κ3) is 2.35. The van der Waals surface area contributed by atoms with E-state index in [-0.39, 0.29) is 11.8 Å². The monoisotopic (exact) mass is 260 g/mol. The van der Waals surface area contributed by atoms with Crippen LogP contribution in [0.1, 0.15) is 31.9 Å². The molecule has 1 fully saturated rings. The number of nitrogens with one attached hydrogen (secondary N) is 1. The summed E-state index contributed by atoms with van der Waals surface area (Å²) in [6, 6.07) is 7.48. The second kappa shape index (κ2) is 4.68. The fourth-order valence-corrected chi connectivity index (χ4v) is 2.30. The van der Waals surface area contributed by atoms with Crippen molar-refractivity contribution in [2.24, 2.45) is 0 Å². The van der Waals surface area contributed by atoms with Crippen molar-refractivity contribution >= 4 is 11.8 Å². The molecule has 1 aromatic carbocycles. The first-order valence-corrected chi connectivity index (χ1v) is 6.51. The lowest BCUT2D eigenvalue weighted by Gasteiger charge is -2.43. The zero-order chi connectivity index (χ0) is 14.2. The first-order valence-electron chi connectivity index (χ1n) is 6.51. The Bertz CT molecular complexity index is 523. The smallest absolute Gasteiger partial charge is 0.246 e. The lowest BCUT2D eigenvalue weighted by Crippen LogP contribution is -2.67. The summed E-state index contributed by atoms with van der Waals surface area (Å²) < 4.78 is 0. The fraction of sp³-hybridized carbons (Fsp3) is 0.467. The summed E-state index contributed by atoms with van der Waals surface area (Å²) in [6.45, 7) is 7.77. The largest absolute Gasteiger partial charge is 0.343 e. The van der Waals surface area contributed by atoms with Crippen molar-refractivity contribution in [3.8, 4) is 0 Å². The molecule has 1 aliphatic heterocycles. The Balaban J connectivity index is 2.33. The second-order valence-electron chi connectivity index (χ2n) is 5.61. The molecule has 0 radical (unpaired) electrons. The van der Waals surface area contributed by atoms with Gasteiger partial charge >= 0.3 is 0 Å². The Morgan fingerprint density at radius 1 is 1.26 bits per heavy atom. The molecule has 0 saturated carbocycles. The lowest BCUT2D eigenvalue weighted by atomic mass is 9.94. The van der Waals surface area contributed by atoms with Crippen molar-refractivity contribution in [1.82, 2.24) is 10.2 Å². The van der Waals surface area contributed by atoms with Crippen LogP contribution in [0.25, 0.3) is 0 Å². The van der Waals surface area contributed by atoms with Gasteiger partial charge in [-0.1, -0.05) is 24.3 Å². The van der Waals surface area contributed by atoms with Crippen molar-refractivity contribution in [2.45, 2.75) is 45.8 Å². The number of hydrogen-bond acceptors (Lipinski definition) is 2. The van der Waals surface area contributed by atoms with Gasteiger partial charge in [0.25, 0.3) is 0 Å². The molecule has 2 rings (SSSR count). The second-order valence-corrected chi connectivity index (χ2v) is 5.61. The number of benzene rings is 1. The van der Waals surface area contributed by atoms with E-state index in [2.05, 4.69) is 5.32 Å². The average Bonchev–Trinajstić information content (AvgIpc) is 2.35. The first-order chi connectivity index (χ1) is 8.84. The van der Waals surface area contributed by atoms with Crippen LogP contribution in [0.5, 0.6) is 0 Å². The summed E-state index contributed by atoms with van der Waals surface area (Å²) >= 11 is 0. The summed E-state index contributed by atoms with van der Waals surface area (Å²) in [4.78, 5) is 26.0. The molecule has 0 aliphatic carbocycles. The van der Waals surface area contributed by atoms with Gasteiger partial charge in [-0.25, -0.2) is 0 Å². The van der Waals surface area contributed by atoms with Crippen LogP contribution in [0.2, 0.25) is 0 Å². The third-order valence-corrected chi connectivity index (χ3v) is 3.80. The molecule has 1 aromatic rings. The standard InChI is InChI=1S/C15H20N2O2/c1-10-7-5-6-8-12(10)9-17-13(18)11(2)16-14(19)15(17,3)4/h5-8,11H,9H2,1-4H3,(H,16,19). The van der Waals surface area contributed by atoms with Gasteiger partial charge in [0.05, 0.1) is 0 Å². The summed E-state index contributed by atoms with van der Waals surface area (Å²) in [5.41, 5.74) is 1.39. The molecule has 4 nitrogen and oxygen atoms in total. The molecule has 0 spiro atoms. The van der Waals surface area contributed by atoms with Crippen molar-refractivity contribution in [2.75, 3.05) is 0 Å². The van der Waals surface area contributed by atoms with Crippen LogP contribution in [0.3, 0.4) is 0 Å². The van der Waals surface area contributed by atoms with Gasteiger partial charge in [0.15, 0.2) is 0 Å². The molecule has 1 saturated heterocycles. The van der Waals surface area contributed by atoms with Crippen molar-refractivity contribution in [3.63, 3.8) is 0 Å². The molecule has 1 aliphatic rings. The Morgan fingerprint density at radius 3 is 2.53 bits per heavy atom. The van der Waals surface area contributed by atoms with Gasteiger partial charge in [0.2, 0.25) is 11.8 Å². The van der Waals surface area contributed by atoms with E-state index in [9.17, 15) is 9.59 Å². The number of hydrogen-bond donors (Lipinski definition) is 1. The van der Waals surface area contributed by atoms with Gasteiger partial charge in [0.1, 0.15) is 11.6 Å². The summed E-state index contributed by atoms with van der Waals surface area (Å²) in [6.07, 6.45) is 0. The quantitative estimate of drug-likeness (QED) is 0.878. The maximum Gasteiger partial charge on any atom is 0.246 e. The fourth-order valence-electron chi connectivity index (χ4n) is 2.30. The minimum absolute atomic E-state index is 0.0344. The maximum absolute atomic E-state index is 12.3. The van der Waals surface area contributed by atoms with E-state index in [4.69, 9.17) is 0 Å². The minimum atomic E-state index is -0.814. The summed E-state index contributed by atoms with van der Waals surface area (Å²) in [5, 5.41) is 2.72. The summed E-state index contributed by atoms with van der Waals surface area (Å²) in [5.74, 6) is -0.138. The molecule has 1 N–H and O–H groups in total. The van der Waals surface area contributed by atoms with Gasteiger partial charge in [-0.2, -0.15) is 0 Å². The van der Waals surface area contributed by atoms with Crippen LogP contribution >= 0.6 is 0 Å². The highest BCUT2D eigenvalue weighted by atomic mass is 16.2. The van der Waals surface area contributed by atoms with Crippen LogP contribution in [0, 0.1) is 6.92 Å². The average molecular weight is 260 g/mol. The number of rotatable bonds is 2. The van der Waals surface area contributed by atoms with Crippen molar-refractivity contribution < 1.29 is 9.59 Å². The van der Waals surface area contributed by atoms with Gasteiger partial charge < -0.3 is 10.2 Å². The highest BCUT2D eigenvalue weighted by Gasteiger charge is 2.44. The highest BCUT2D eigenvalue weighted by Crippen LogP contribution is 2.24. The zero-order valence-corrected chi connectivity index (χ0v) is 11.9. The molecule has 1 heterocycles. The third-order valence-electron chi connectivity index (χ3n) is 3.80. The van der Waals surface area contributed by atoms with Crippen molar-refractivity contribution in [1.29, 1.82) is 0 Å². The first kappa shape index (κ1) is 13.6. The Hall–Kier alpha value is -1.84. The number of carbonyl (C=O) groups excluding carboxylic acids is 2. The van der Waals surface area contributed by atoms with E-state index in [0.717, 1.165) is 11.1 Å². The molecule has 102 valence electrons. The number of aryl methyl sites for hydroxylation is 1. The minimum Gasteiger partial charge on any atom is -0.343 e. The van der Waals surface area contributed by atoms with E-state index >= 15 is 0 Å². The number of amides is 2. The van der Waals surface area contributed by atoms with E-state index in [1.807, 2.05) is 31.2 Å². The van der Waals surface area contributed by atoms with Crippen molar-refractivity contribution in [3.05, 3.63) is 35.4 Å². The number of piperazine rings is 1. The van der Waals surface area contributed by atoms with Crippen LogP contribution < -0.4 is 5.32 Å². The predicted molar refractivity (Wildman–Crippen MR) is 73.4 cm³/mol. The molecule has 19 heavy (non-hydrogen) atoms. The molecular formula is C15H20N2O2. The molecule has 2 amide bonds. The molecule has 0 bridgehead atoms. The van der Waals surface area contributed by atoms with E-state index in [1.54, 1.807) is 25.7 Å². The van der Waals surface area contributed by atoms with E-state index in [1.165, 1.54) is 0 Å². The van der Waals surface area contributed by atoms with Crippen LogP contribution in [0.15, 0.2) is 24.3 Å². The van der Waals surface area contributed by atoms with Gasteiger partial charge in [-0.15, -0.1) is 0 Å². The molecule has 4 heteroatoms. The molecule has 1 unspecified atom stereocenters. The van der Waals surface area contributed by atoms with Gasteiger partial charge in [-0.05, 0) is 38.8 Å². The van der Waals surface area contributed by atoms with Crippen LogP contribution in [-0.4, -0.2) is 28.3 Å².